The lowest BCUT2D eigenvalue weighted by atomic mass is 10.0. The van der Waals surface area contributed by atoms with Crippen LogP contribution < -0.4 is 16.0 Å². The van der Waals surface area contributed by atoms with Gasteiger partial charge in [-0.2, -0.15) is 0 Å². The van der Waals surface area contributed by atoms with Crippen LogP contribution in [-0.2, 0) is 4.79 Å². The largest absolute Gasteiger partial charge is 0.354 e. The number of rotatable bonds is 7. The third-order valence-corrected chi connectivity index (χ3v) is 4.86. The van der Waals surface area contributed by atoms with Crippen molar-refractivity contribution in [2.24, 2.45) is 11.8 Å². The molecule has 22 heavy (non-hydrogen) atoms. The molecular formula is C16H25N3O2S. The number of amides is 2. The predicted octanol–water partition coefficient (Wildman–Crippen LogP) is 1.62. The van der Waals surface area contributed by atoms with Crippen LogP contribution in [0.25, 0.3) is 0 Å². The maximum absolute atomic E-state index is 12.3. The van der Waals surface area contributed by atoms with E-state index in [0.29, 0.717) is 17.3 Å². The van der Waals surface area contributed by atoms with Gasteiger partial charge in [-0.05, 0) is 49.2 Å². The Labute approximate surface area is 135 Å². The van der Waals surface area contributed by atoms with Gasteiger partial charge in [-0.15, -0.1) is 11.3 Å². The topological polar surface area (TPSA) is 70.2 Å². The van der Waals surface area contributed by atoms with Gasteiger partial charge in [-0.25, -0.2) is 0 Å². The van der Waals surface area contributed by atoms with E-state index in [9.17, 15) is 9.59 Å². The second-order valence-corrected chi connectivity index (χ2v) is 7.06. The number of carbonyl (C=O) groups is 2. The molecule has 1 aliphatic rings. The van der Waals surface area contributed by atoms with Crippen molar-refractivity contribution >= 4 is 23.2 Å². The fourth-order valence-corrected chi connectivity index (χ4v) is 3.25. The molecule has 122 valence electrons. The van der Waals surface area contributed by atoms with Gasteiger partial charge in [0.2, 0.25) is 5.91 Å². The van der Waals surface area contributed by atoms with Crippen molar-refractivity contribution in [3.63, 3.8) is 0 Å². The molecule has 1 fully saturated rings. The van der Waals surface area contributed by atoms with E-state index in [-0.39, 0.29) is 17.7 Å². The first-order chi connectivity index (χ1) is 10.6. The summed E-state index contributed by atoms with van der Waals surface area (Å²) in [6, 6.07) is 3.11. The Balaban J connectivity index is 1.81. The first kappa shape index (κ1) is 17.0. The third-order valence-electron chi connectivity index (χ3n) is 3.99. The summed E-state index contributed by atoms with van der Waals surface area (Å²) in [6.45, 7) is 6.67. The summed E-state index contributed by atoms with van der Waals surface area (Å²) in [5.74, 6) is 0.435. The molecule has 0 radical (unpaired) electrons. The van der Waals surface area contributed by atoms with Crippen molar-refractivity contribution in [1.82, 2.24) is 16.0 Å². The van der Waals surface area contributed by atoms with Crippen LogP contribution in [0.2, 0.25) is 0 Å². The Morgan fingerprint density at radius 2 is 2.27 bits per heavy atom. The molecule has 2 amide bonds. The average Bonchev–Trinajstić information content (AvgIpc) is 3.16. The van der Waals surface area contributed by atoms with Gasteiger partial charge in [0, 0.05) is 6.54 Å². The van der Waals surface area contributed by atoms with Crippen LogP contribution in [0, 0.1) is 11.8 Å². The summed E-state index contributed by atoms with van der Waals surface area (Å²) in [4.78, 5) is 25.1. The molecule has 5 nitrogen and oxygen atoms in total. The lowest BCUT2D eigenvalue weighted by Gasteiger charge is -2.21. The van der Waals surface area contributed by atoms with Gasteiger partial charge in [0.25, 0.3) is 5.91 Å². The normalized spacial score (nSPS) is 19.1. The Morgan fingerprint density at radius 1 is 1.45 bits per heavy atom. The van der Waals surface area contributed by atoms with Crippen LogP contribution in [0.5, 0.6) is 0 Å². The van der Waals surface area contributed by atoms with Crippen LogP contribution in [0.3, 0.4) is 0 Å². The highest BCUT2D eigenvalue weighted by Gasteiger charge is 2.25. The van der Waals surface area contributed by atoms with Crippen molar-refractivity contribution in [3.8, 4) is 0 Å². The molecule has 2 atom stereocenters. The van der Waals surface area contributed by atoms with E-state index < -0.39 is 6.04 Å². The molecule has 0 spiro atoms. The Morgan fingerprint density at radius 3 is 2.86 bits per heavy atom. The van der Waals surface area contributed by atoms with Crippen molar-refractivity contribution < 1.29 is 9.59 Å². The number of thiophene rings is 1. The van der Waals surface area contributed by atoms with Crippen molar-refractivity contribution in [2.75, 3.05) is 19.6 Å². The zero-order valence-corrected chi connectivity index (χ0v) is 14.0. The molecule has 0 saturated carbocycles. The smallest absolute Gasteiger partial charge is 0.262 e. The summed E-state index contributed by atoms with van der Waals surface area (Å²) >= 11 is 1.38. The molecule has 1 saturated heterocycles. The Kier molecular flexibility index (Phi) is 6.39. The highest BCUT2D eigenvalue weighted by atomic mass is 32.1. The monoisotopic (exact) mass is 323 g/mol. The zero-order chi connectivity index (χ0) is 15.9. The highest BCUT2D eigenvalue weighted by molar-refractivity contribution is 7.12. The van der Waals surface area contributed by atoms with Crippen molar-refractivity contribution in [1.29, 1.82) is 0 Å². The van der Waals surface area contributed by atoms with Gasteiger partial charge in [0.05, 0.1) is 4.88 Å². The first-order valence-corrected chi connectivity index (χ1v) is 8.78. The molecule has 1 aliphatic heterocycles. The number of hydrogen-bond donors (Lipinski definition) is 3. The van der Waals surface area contributed by atoms with Crippen molar-refractivity contribution in [3.05, 3.63) is 22.4 Å². The Bertz CT molecular complexity index is 482. The van der Waals surface area contributed by atoms with Crippen LogP contribution in [0.1, 0.15) is 36.4 Å². The molecule has 1 aromatic rings. The SMILES string of the molecule is CC(C)C(NC(=O)c1cccs1)C(=O)NCCC1CCNC1. The molecule has 2 rings (SSSR count). The maximum Gasteiger partial charge on any atom is 0.262 e. The lowest BCUT2D eigenvalue weighted by Crippen LogP contribution is -2.49. The molecule has 3 N–H and O–H groups in total. The van der Waals surface area contributed by atoms with Crippen LogP contribution in [-0.4, -0.2) is 37.5 Å². The minimum Gasteiger partial charge on any atom is -0.354 e. The molecule has 0 aliphatic carbocycles. The van der Waals surface area contributed by atoms with Gasteiger partial charge in [0.1, 0.15) is 6.04 Å². The average molecular weight is 323 g/mol. The van der Waals surface area contributed by atoms with E-state index in [0.717, 1.165) is 19.5 Å². The zero-order valence-electron chi connectivity index (χ0n) is 13.2. The third kappa shape index (κ3) is 4.81. The summed E-state index contributed by atoms with van der Waals surface area (Å²) in [5.41, 5.74) is 0. The molecular weight excluding hydrogens is 298 g/mol. The first-order valence-electron chi connectivity index (χ1n) is 7.90. The number of nitrogens with one attached hydrogen (secondary N) is 3. The van der Waals surface area contributed by atoms with Gasteiger partial charge in [-0.1, -0.05) is 19.9 Å². The summed E-state index contributed by atoms with van der Waals surface area (Å²) < 4.78 is 0. The fraction of sp³-hybridized carbons (Fsp3) is 0.625. The van der Waals surface area contributed by atoms with E-state index in [2.05, 4.69) is 16.0 Å². The van der Waals surface area contributed by atoms with Crippen LogP contribution in [0.15, 0.2) is 17.5 Å². The Hall–Kier alpha value is -1.40. The summed E-state index contributed by atoms with van der Waals surface area (Å²) in [7, 11) is 0. The molecule has 6 heteroatoms. The number of hydrogen-bond acceptors (Lipinski definition) is 4. The minimum absolute atomic E-state index is 0.0528. The van der Waals surface area contributed by atoms with E-state index in [1.807, 2.05) is 25.3 Å². The van der Waals surface area contributed by atoms with Crippen LogP contribution in [0.4, 0.5) is 0 Å². The fourth-order valence-electron chi connectivity index (χ4n) is 2.63. The highest BCUT2D eigenvalue weighted by Crippen LogP contribution is 2.12. The van der Waals surface area contributed by atoms with Crippen molar-refractivity contribution in [2.45, 2.75) is 32.7 Å². The van der Waals surface area contributed by atoms with E-state index in [4.69, 9.17) is 0 Å². The minimum atomic E-state index is -0.490. The standard InChI is InChI=1S/C16H25N3O2S/c1-11(2)14(19-15(20)13-4-3-9-22-13)16(21)18-8-6-12-5-7-17-10-12/h3-4,9,11-12,14,17H,5-8,10H2,1-2H3,(H,18,21)(H,19,20). The summed E-state index contributed by atoms with van der Waals surface area (Å²) in [6.07, 6.45) is 2.17. The second kappa shape index (κ2) is 8.29. The number of carbonyl (C=O) groups excluding carboxylic acids is 2. The quantitative estimate of drug-likeness (QED) is 0.714. The van der Waals surface area contributed by atoms with Gasteiger partial charge >= 0.3 is 0 Å². The maximum atomic E-state index is 12.3. The van der Waals surface area contributed by atoms with E-state index >= 15 is 0 Å². The molecule has 0 aromatic carbocycles. The lowest BCUT2D eigenvalue weighted by molar-refractivity contribution is -0.123. The molecule has 0 bridgehead atoms. The van der Waals surface area contributed by atoms with Gasteiger partial charge < -0.3 is 16.0 Å². The van der Waals surface area contributed by atoms with E-state index in [1.165, 1.54) is 17.8 Å². The van der Waals surface area contributed by atoms with Gasteiger partial charge in [0.15, 0.2) is 0 Å². The van der Waals surface area contributed by atoms with Gasteiger partial charge in [-0.3, -0.25) is 9.59 Å². The second-order valence-electron chi connectivity index (χ2n) is 6.11. The molecule has 2 heterocycles. The molecule has 2 unspecified atom stereocenters. The summed E-state index contributed by atoms with van der Waals surface area (Å²) in [5, 5.41) is 11.0. The molecule has 1 aromatic heterocycles. The predicted molar refractivity (Wildman–Crippen MR) is 89.0 cm³/mol. The van der Waals surface area contributed by atoms with E-state index in [1.54, 1.807) is 6.07 Å². The van der Waals surface area contributed by atoms with Crippen LogP contribution >= 0.6 is 11.3 Å².